The standard InChI is InChI=1S/C22H21F3N4O3S/c23-22(24,25)15-5-1-4-14(12-15)16(13-29-10-2-7-20(29)31)26-18(30)8-9-19-27-21(28-32-19)17-6-3-11-33-17/h1,3-6,11-12,16H,2,7-10,13H2,(H,26,30). The molecular formula is C22H21F3N4O3S. The number of nitrogens with zero attached hydrogens (tertiary/aromatic N) is 3. The van der Waals surface area contributed by atoms with Crippen LogP contribution in [0.2, 0.25) is 0 Å². The third kappa shape index (κ3) is 5.78. The topological polar surface area (TPSA) is 88.3 Å². The zero-order valence-corrected chi connectivity index (χ0v) is 18.3. The number of thiophene rings is 1. The molecular weight excluding hydrogens is 457 g/mol. The molecule has 2 amide bonds. The molecule has 1 aliphatic heterocycles. The van der Waals surface area contributed by atoms with E-state index in [0.29, 0.717) is 31.1 Å². The van der Waals surface area contributed by atoms with Crippen molar-refractivity contribution in [2.24, 2.45) is 0 Å². The third-order valence-electron chi connectivity index (χ3n) is 5.30. The molecule has 7 nitrogen and oxygen atoms in total. The summed E-state index contributed by atoms with van der Waals surface area (Å²) in [6.45, 7) is 0.618. The molecule has 0 saturated carbocycles. The first kappa shape index (κ1) is 23.0. The Bertz CT molecular complexity index is 1110. The molecule has 0 bridgehead atoms. The average Bonchev–Trinajstić information content (AvgIpc) is 3.54. The van der Waals surface area contributed by atoms with Gasteiger partial charge in [-0.05, 0) is 35.6 Å². The van der Waals surface area contributed by atoms with Gasteiger partial charge in [-0.1, -0.05) is 23.4 Å². The Kier molecular flexibility index (Phi) is 6.77. The van der Waals surface area contributed by atoms with Crippen LogP contribution in [-0.4, -0.2) is 39.9 Å². The van der Waals surface area contributed by atoms with Gasteiger partial charge in [0, 0.05) is 32.4 Å². The molecule has 1 unspecified atom stereocenters. The Balaban J connectivity index is 1.44. The van der Waals surface area contributed by atoms with Crippen LogP contribution in [0.5, 0.6) is 0 Å². The molecule has 1 fully saturated rings. The van der Waals surface area contributed by atoms with E-state index in [1.165, 1.54) is 23.5 Å². The maximum atomic E-state index is 13.2. The third-order valence-corrected chi connectivity index (χ3v) is 6.17. The van der Waals surface area contributed by atoms with Crippen molar-refractivity contribution in [2.75, 3.05) is 13.1 Å². The van der Waals surface area contributed by atoms with Gasteiger partial charge >= 0.3 is 6.18 Å². The highest BCUT2D eigenvalue weighted by Crippen LogP contribution is 2.31. The summed E-state index contributed by atoms with van der Waals surface area (Å²) >= 11 is 1.46. The predicted molar refractivity (Wildman–Crippen MR) is 114 cm³/mol. The maximum Gasteiger partial charge on any atom is 0.416 e. The summed E-state index contributed by atoms with van der Waals surface area (Å²) in [5, 5.41) is 8.56. The van der Waals surface area contributed by atoms with E-state index in [9.17, 15) is 22.8 Å². The minimum Gasteiger partial charge on any atom is -0.347 e. The second-order valence-corrected chi connectivity index (χ2v) is 8.62. The van der Waals surface area contributed by atoms with Crippen molar-refractivity contribution in [2.45, 2.75) is 37.9 Å². The SMILES string of the molecule is O=C(CCc1nc(-c2cccs2)no1)NC(CN1CCCC1=O)c1cccc(C(F)(F)F)c1. The molecule has 3 heterocycles. The number of hydrogen-bond donors (Lipinski definition) is 1. The fourth-order valence-corrected chi connectivity index (χ4v) is 4.28. The molecule has 1 N–H and O–H groups in total. The second kappa shape index (κ2) is 9.74. The molecule has 11 heteroatoms. The van der Waals surface area contributed by atoms with Crippen LogP contribution in [0, 0.1) is 0 Å². The molecule has 1 saturated heterocycles. The zero-order chi connectivity index (χ0) is 23.4. The summed E-state index contributed by atoms with van der Waals surface area (Å²) in [5.74, 6) is 0.266. The van der Waals surface area contributed by atoms with Crippen molar-refractivity contribution >= 4 is 23.2 Å². The fraction of sp³-hybridized carbons (Fsp3) is 0.364. The molecule has 1 aromatic carbocycles. The monoisotopic (exact) mass is 478 g/mol. The van der Waals surface area contributed by atoms with Crippen LogP contribution >= 0.6 is 11.3 Å². The van der Waals surface area contributed by atoms with Gasteiger partial charge in [-0.3, -0.25) is 9.59 Å². The number of amides is 2. The van der Waals surface area contributed by atoms with Crippen LogP contribution in [-0.2, 0) is 22.2 Å². The van der Waals surface area contributed by atoms with E-state index in [0.717, 1.165) is 17.0 Å². The molecule has 33 heavy (non-hydrogen) atoms. The lowest BCUT2D eigenvalue weighted by Crippen LogP contribution is -2.38. The number of carbonyl (C=O) groups excluding carboxylic acids is 2. The Labute approximate surface area is 191 Å². The molecule has 174 valence electrons. The first-order valence-electron chi connectivity index (χ1n) is 10.4. The lowest BCUT2D eigenvalue weighted by atomic mass is 10.0. The highest BCUT2D eigenvalue weighted by molar-refractivity contribution is 7.13. The van der Waals surface area contributed by atoms with Crippen LogP contribution in [0.15, 0.2) is 46.3 Å². The molecule has 3 aromatic rings. The molecule has 0 aliphatic carbocycles. The lowest BCUT2D eigenvalue weighted by molar-refractivity contribution is -0.137. The summed E-state index contributed by atoms with van der Waals surface area (Å²) in [7, 11) is 0. The Morgan fingerprint density at radius 3 is 2.82 bits per heavy atom. The summed E-state index contributed by atoms with van der Waals surface area (Å²) in [4.78, 5) is 31.4. The van der Waals surface area contributed by atoms with E-state index in [4.69, 9.17) is 4.52 Å². The molecule has 0 radical (unpaired) electrons. The van der Waals surface area contributed by atoms with E-state index >= 15 is 0 Å². The van der Waals surface area contributed by atoms with Crippen LogP contribution < -0.4 is 5.32 Å². The van der Waals surface area contributed by atoms with Crippen molar-refractivity contribution in [1.29, 1.82) is 0 Å². The smallest absolute Gasteiger partial charge is 0.347 e. The van der Waals surface area contributed by atoms with Crippen molar-refractivity contribution in [3.8, 4) is 10.7 Å². The number of hydrogen-bond acceptors (Lipinski definition) is 6. The van der Waals surface area contributed by atoms with E-state index in [2.05, 4.69) is 15.5 Å². The van der Waals surface area contributed by atoms with Gasteiger partial charge in [0.1, 0.15) is 0 Å². The van der Waals surface area contributed by atoms with Crippen molar-refractivity contribution in [1.82, 2.24) is 20.4 Å². The first-order chi connectivity index (χ1) is 15.8. The number of halogens is 3. The number of aryl methyl sites for hydroxylation is 1. The summed E-state index contributed by atoms with van der Waals surface area (Å²) in [5.41, 5.74) is -0.519. The highest BCUT2D eigenvalue weighted by Gasteiger charge is 2.32. The summed E-state index contributed by atoms with van der Waals surface area (Å²) < 4.78 is 44.8. The van der Waals surface area contributed by atoms with Crippen molar-refractivity contribution in [3.05, 3.63) is 58.8 Å². The Morgan fingerprint density at radius 2 is 2.12 bits per heavy atom. The second-order valence-electron chi connectivity index (χ2n) is 7.68. The lowest BCUT2D eigenvalue weighted by Gasteiger charge is -2.25. The number of alkyl halides is 3. The van der Waals surface area contributed by atoms with E-state index in [1.807, 2.05) is 17.5 Å². The molecule has 4 rings (SSSR count). The van der Waals surface area contributed by atoms with E-state index in [-0.39, 0.29) is 36.8 Å². The van der Waals surface area contributed by atoms with Gasteiger partial charge in [0.15, 0.2) is 0 Å². The molecule has 1 aliphatic rings. The number of benzene rings is 1. The molecule has 0 spiro atoms. The maximum absolute atomic E-state index is 13.2. The minimum atomic E-state index is -4.51. The largest absolute Gasteiger partial charge is 0.416 e. The van der Waals surface area contributed by atoms with Gasteiger partial charge in [0.05, 0.1) is 16.5 Å². The highest BCUT2D eigenvalue weighted by atomic mass is 32.1. The Morgan fingerprint density at radius 1 is 1.27 bits per heavy atom. The number of aromatic nitrogens is 2. The van der Waals surface area contributed by atoms with Crippen LogP contribution in [0.1, 0.15) is 42.3 Å². The van der Waals surface area contributed by atoms with Gasteiger partial charge in [-0.15, -0.1) is 11.3 Å². The molecule has 2 aromatic heterocycles. The van der Waals surface area contributed by atoms with Crippen LogP contribution in [0.3, 0.4) is 0 Å². The normalized spacial score (nSPS) is 15.1. The van der Waals surface area contributed by atoms with Gasteiger partial charge in [0.25, 0.3) is 0 Å². The van der Waals surface area contributed by atoms with Crippen molar-refractivity contribution < 1.29 is 27.3 Å². The van der Waals surface area contributed by atoms with E-state index < -0.39 is 17.8 Å². The zero-order valence-electron chi connectivity index (χ0n) is 17.5. The van der Waals surface area contributed by atoms with Crippen molar-refractivity contribution in [3.63, 3.8) is 0 Å². The molecule has 1 atom stereocenters. The van der Waals surface area contributed by atoms with Gasteiger partial charge in [-0.25, -0.2) is 0 Å². The number of likely N-dealkylation sites (tertiary alicyclic amines) is 1. The Hall–Kier alpha value is -3.21. The minimum absolute atomic E-state index is 0.00941. The van der Waals surface area contributed by atoms with E-state index in [1.54, 1.807) is 4.90 Å². The summed E-state index contributed by atoms with van der Waals surface area (Å²) in [6.07, 6.45) is -3.23. The van der Waals surface area contributed by atoms with Gasteiger partial charge in [-0.2, -0.15) is 18.2 Å². The fourth-order valence-electron chi connectivity index (χ4n) is 3.63. The van der Waals surface area contributed by atoms with Gasteiger partial charge < -0.3 is 14.7 Å². The number of carbonyl (C=O) groups is 2. The number of nitrogens with one attached hydrogen (secondary N) is 1. The first-order valence-corrected chi connectivity index (χ1v) is 11.3. The van der Waals surface area contributed by atoms with Crippen LogP contribution in [0.4, 0.5) is 13.2 Å². The number of rotatable bonds is 8. The quantitative estimate of drug-likeness (QED) is 0.524. The summed E-state index contributed by atoms with van der Waals surface area (Å²) in [6, 6.07) is 7.75. The van der Waals surface area contributed by atoms with Crippen LogP contribution in [0.25, 0.3) is 10.7 Å². The predicted octanol–water partition coefficient (Wildman–Crippen LogP) is 4.23. The van der Waals surface area contributed by atoms with Gasteiger partial charge in [0.2, 0.25) is 23.5 Å². The average molecular weight is 478 g/mol.